The number of methoxy groups -OCH3 is 1. The Morgan fingerprint density at radius 1 is 0.852 bits per heavy atom. The molecule has 2 saturated carbocycles. The first kappa shape index (κ1) is 20.1. The lowest BCUT2D eigenvalue weighted by Crippen LogP contribution is -2.75. The molecule has 0 aromatic heterocycles. The van der Waals surface area contributed by atoms with E-state index in [-0.39, 0.29) is 0 Å². The van der Waals surface area contributed by atoms with Gasteiger partial charge in [-0.15, -0.1) is 0 Å². The SMILES string of the molecule is COCCOC1CN(C2CCN(CC3CCCCC3)CC2)C12CCCCC2. The zero-order valence-electron chi connectivity index (χ0n) is 17.7. The van der Waals surface area contributed by atoms with E-state index in [1.165, 1.54) is 96.7 Å². The van der Waals surface area contributed by atoms with Gasteiger partial charge in [0, 0.05) is 31.8 Å². The van der Waals surface area contributed by atoms with Gasteiger partial charge in [-0.05, 0) is 57.5 Å². The molecule has 1 unspecified atom stereocenters. The number of likely N-dealkylation sites (tertiary alicyclic amines) is 2. The number of hydrogen-bond acceptors (Lipinski definition) is 4. The molecule has 1 atom stereocenters. The Balaban J connectivity index is 1.28. The Kier molecular flexibility index (Phi) is 7.13. The van der Waals surface area contributed by atoms with Crippen LogP contribution in [0.5, 0.6) is 0 Å². The Morgan fingerprint density at radius 3 is 2.26 bits per heavy atom. The van der Waals surface area contributed by atoms with Gasteiger partial charge >= 0.3 is 0 Å². The predicted molar refractivity (Wildman–Crippen MR) is 110 cm³/mol. The highest BCUT2D eigenvalue weighted by atomic mass is 16.5. The average molecular weight is 379 g/mol. The summed E-state index contributed by atoms with van der Waals surface area (Å²) in [4.78, 5) is 5.67. The van der Waals surface area contributed by atoms with E-state index in [0.717, 1.165) is 31.7 Å². The lowest BCUT2D eigenvalue weighted by molar-refractivity contribution is -0.204. The molecular formula is C23H42N2O2. The summed E-state index contributed by atoms with van der Waals surface area (Å²) in [7, 11) is 1.77. The van der Waals surface area contributed by atoms with Gasteiger partial charge in [0.1, 0.15) is 0 Å². The maximum absolute atomic E-state index is 6.28. The second-order valence-corrected chi connectivity index (χ2v) is 9.70. The normalized spacial score (nSPS) is 31.2. The van der Waals surface area contributed by atoms with Crippen LogP contribution in [0.3, 0.4) is 0 Å². The molecule has 4 fully saturated rings. The van der Waals surface area contributed by atoms with E-state index in [0.29, 0.717) is 11.6 Å². The van der Waals surface area contributed by atoms with Crippen molar-refractivity contribution in [2.45, 2.75) is 94.7 Å². The molecule has 4 aliphatic rings. The van der Waals surface area contributed by atoms with Gasteiger partial charge in [-0.3, -0.25) is 4.90 Å². The Labute approximate surface area is 166 Å². The number of rotatable bonds is 7. The molecule has 4 heteroatoms. The highest BCUT2D eigenvalue weighted by molar-refractivity contribution is 5.11. The third-order valence-corrected chi connectivity index (χ3v) is 8.10. The van der Waals surface area contributed by atoms with Crippen molar-refractivity contribution in [1.82, 2.24) is 9.80 Å². The summed E-state index contributed by atoms with van der Waals surface area (Å²) in [5.74, 6) is 0.988. The number of hydrogen-bond donors (Lipinski definition) is 0. The standard InChI is InChI=1S/C23H42N2O2/c1-26-16-17-27-22-19-25(23(22)12-6-3-7-13-23)21-10-14-24(15-11-21)18-20-8-4-2-5-9-20/h20-22H,2-19H2,1H3. The van der Waals surface area contributed by atoms with Crippen molar-refractivity contribution in [3.8, 4) is 0 Å². The van der Waals surface area contributed by atoms with Crippen LogP contribution in [0.4, 0.5) is 0 Å². The van der Waals surface area contributed by atoms with Crippen molar-refractivity contribution < 1.29 is 9.47 Å². The third-order valence-electron chi connectivity index (χ3n) is 8.10. The first-order valence-corrected chi connectivity index (χ1v) is 11.9. The summed E-state index contributed by atoms with van der Waals surface area (Å²) < 4.78 is 11.5. The minimum atomic E-state index is 0.363. The van der Waals surface area contributed by atoms with Crippen LogP contribution in [0, 0.1) is 5.92 Å². The zero-order chi connectivity index (χ0) is 18.5. The molecule has 156 valence electrons. The summed E-state index contributed by atoms with van der Waals surface area (Å²) in [5, 5.41) is 0. The van der Waals surface area contributed by atoms with Gasteiger partial charge in [0.25, 0.3) is 0 Å². The van der Waals surface area contributed by atoms with Crippen LogP contribution >= 0.6 is 0 Å². The van der Waals surface area contributed by atoms with Gasteiger partial charge in [-0.2, -0.15) is 0 Å². The topological polar surface area (TPSA) is 24.9 Å². The predicted octanol–water partition coefficient (Wildman–Crippen LogP) is 4.08. The number of ether oxygens (including phenoxy) is 2. The minimum absolute atomic E-state index is 0.363. The summed E-state index contributed by atoms with van der Waals surface area (Å²) in [6.07, 6.45) is 17.5. The second-order valence-electron chi connectivity index (χ2n) is 9.70. The van der Waals surface area contributed by atoms with Gasteiger partial charge < -0.3 is 14.4 Å². The largest absolute Gasteiger partial charge is 0.382 e. The molecule has 1 spiro atoms. The molecule has 2 saturated heterocycles. The van der Waals surface area contributed by atoms with Crippen molar-refractivity contribution in [3.05, 3.63) is 0 Å². The quantitative estimate of drug-likeness (QED) is 0.623. The fourth-order valence-electron chi connectivity index (χ4n) is 6.52. The molecule has 4 nitrogen and oxygen atoms in total. The van der Waals surface area contributed by atoms with Crippen molar-refractivity contribution in [1.29, 1.82) is 0 Å². The molecule has 0 radical (unpaired) electrons. The maximum Gasteiger partial charge on any atom is 0.0886 e. The lowest BCUT2D eigenvalue weighted by atomic mass is 9.69. The Morgan fingerprint density at radius 2 is 1.56 bits per heavy atom. The van der Waals surface area contributed by atoms with E-state index in [1.54, 1.807) is 7.11 Å². The van der Waals surface area contributed by atoms with E-state index >= 15 is 0 Å². The van der Waals surface area contributed by atoms with Gasteiger partial charge in [-0.25, -0.2) is 0 Å². The van der Waals surface area contributed by atoms with E-state index < -0.39 is 0 Å². The van der Waals surface area contributed by atoms with Crippen LogP contribution in [0.25, 0.3) is 0 Å². The van der Waals surface area contributed by atoms with Crippen molar-refractivity contribution in [3.63, 3.8) is 0 Å². The van der Waals surface area contributed by atoms with Gasteiger partial charge in [-0.1, -0.05) is 38.5 Å². The van der Waals surface area contributed by atoms with Crippen molar-refractivity contribution in [2.24, 2.45) is 5.92 Å². The van der Waals surface area contributed by atoms with Gasteiger partial charge in [0.15, 0.2) is 0 Å². The molecule has 27 heavy (non-hydrogen) atoms. The van der Waals surface area contributed by atoms with Crippen molar-refractivity contribution in [2.75, 3.05) is 46.5 Å². The molecule has 0 aromatic carbocycles. The number of nitrogens with zero attached hydrogens (tertiary/aromatic N) is 2. The van der Waals surface area contributed by atoms with Crippen molar-refractivity contribution >= 4 is 0 Å². The Bertz CT molecular complexity index is 438. The fraction of sp³-hybridized carbons (Fsp3) is 1.00. The number of piperidine rings is 1. The first-order chi connectivity index (χ1) is 13.3. The van der Waals surface area contributed by atoms with Crippen LogP contribution in [-0.2, 0) is 9.47 Å². The van der Waals surface area contributed by atoms with E-state index in [1.807, 2.05) is 0 Å². The summed E-state index contributed by atoms with van der Waals surface area (Å²) in [5.41, 5.74) is 0.363. The summed E-state index contributed by atoms with van der Waals surface area (Å²) >= 11 is 0. The molecule has 0 amide bonds. The van der Waals surface area contributed by atoms with E-state index in [4.69, 9.17) is 9.47 Å². The third kappa shape index (κ3) is 4.55. The zero-order valence-corrected chi connectivity index (χ0v) is 17.7. The van der Waals surface area contributed by atoms with E-state index in [2.05, 4.69) is 9.80 Å². The van der Waals surface area contributed by atoms with Crippen LogP contribution < -0.4 is 0 Å². The minimum Gasteiger partial charge on any atom is -0.382 e. The fourth-order valence-corrected chi connectivity index (χ4v) is 6.52. The molecular weight excluding hydrogens is 336 g/mol. The molecule has 4 rings (SSSR count). The Hall–Kier alpha value is -0.160. The molecule has 2 aliphatic carbocycles. The molecule has 2 aliphatic heterocycles. The molecule has 0 aromatic rings. The molecule has 0 bridgehead atoms. The molecule has 0 N–H and O–H groups in total. The summed E-state index contributed by atoms with van der Waals surface area (Å²) in [6, 6.07) is 0.799. The van der Waals surface area contributed by atoms with Gasteiger partial charge in [0.05, 0.1) is 19.3 Å². The first-order valence-electron chi connectivity index (χ1n) is 11.9. The van der Waals surface area contributed by atoms with Gasteiger partial charge in [0.2, 0.25) is 0 Å². The van der Waals surface area contributed by atoms with Crippen LogP contribution in [-0.4, -0.2) is 74.0 Å². The van der Waals surface area contributed by atoms with Crippen LogP contribution in [0.2, 0.25) is 0 Å². The monoisotopic (exact) mass is 378 g/mol. The highest BCUT2D eigenvalue weighted by Crippen LogP contribution is 2.47. The van der Waals surface area contributed by atoms with E-state index in [9.17, 15) is 0 Å². The lowest BCUT2D eigenvalue weighted by Gasteiger charge is -2.63. The summed E-state index contributed by atoms with van der Waals surface area (Å²) in [6.45, 7) is 6.67. The maximum atomic E-state index is 6.28. The smallest absolute Gasteiger partial charge is 0.0886 e. The second kappa shape index (κ2) is 9.56. The molecule has 2 heterocycles. The van der Waals surface area contributed by atoms with Crippen LogP contribution in [0.1, 0.15) is 77.0 Å². The highest BCUT2D eigenvalue weighted by Gasteiger charge is 2.56. The van der Waals surface area contributed by atoms with Crippen LogP contribution in [0.15, 0.2) is 0 Å². The average Bonchev–Trinajstić information content (AvgIpc) is 2.72.